The number of nitrogens with one attached hydrogen (secondary N) is 1. The lowest BCUT2D eigenvalue weighted by Crippen LogP contribution is -2.27. The zero-order valence-electron chi connectivity index (χ0n) is 13.8. The van der Waals surface area contributed by atoms with Crippen molar-refractivity contribution in [2.75, 3.05) is 5.32 Å². The van der Waals surface area contributed by atoms with Crippen molar-refractivity contribution in [1.82, 2.24) is 0 Å². The summed E-state index contributed by atoms with van der Waals surface area (Å²) in [6, 6.07) is 3.67. The summed E-state index contributed by atoms with van der Waals surface area (Å²) in [5.41, 5.74) is -0.208. The Labute approximate surface area is 137 Å². The van der Waals surface area contributed by atoms with Gasteiger partial charge in [0.05, 0.1) is 12.3 Å². The molecule has 1 aromatic rings. The molecule has 1 amide bonds. The summed E-state index contributed by atoms with van der Waals surface area (Å²) in [6.45, 7) is 6.57. The van der Waals surface area contributed by atoms with Crippen molar-refractivity contribution < 1.29 is 32.6 Å². The number of ether oxygens (including phenoxy) is 1. The third kappa shape index (κ3) is 6.10. The number of carbonyl (C=O) groups excluding carboxylic acids is 1. The number of aryl methyl sites for hydroxylation is 1. The van der Waals surface area contributed by atoms with E-state index >= 15 is 0 Å². The average molecular weight is 347 g/mol. The number of carboxylic acid groups (broad SMARTS) is 1. The molecule has 0 aliphatic heterocycles. The number of amides is 1. The van der Waals surface area contributed by atoms with Crippen molar-refractivity contribution >= 4 is 17.7 Å². The van der Waals surface area contributed by atoms with Crippen molar-refractivity contribution in [1.29, 1.82) is 0 Å². The van der Waals surface area contributed by atoms with E-state index in [0.29, 0.717) is 11.3 Å². The monoisotopic (exact) mass is 347 g/mol. The molecule has 0 saturated carbocycles. The SMILES string of the molecule is Cc1cc(C(CC(=O)O)C(F)(F)F)ccc1NC(=O)OC(C)(C)C. The maximum absolute atomic E-state index is 13.0. The first kappa shape index (κ1) is 19.8. The van der Waals surface area contributed by atoms with E-state index in [4.69, 9.17) is 9.84 Å². The van der Waals surface area contributed by atoms with Gasteiger partial charge in [0.2, 0.25) is 0 Å². The quantitative estimate of drug-likeness (QED) is 0.843. The summed E-state index contributed by atoms with van der Waals surface area (Å²) in [5, 5.41) is 11.1. The zero-order chi connectivity index (χ0) is 18.7. The average Bonchev–Trinajstić information content (AvgIpc) is 2.34. The number of hydrogen-bond acceptors (Lipinski definition) is 3. The first-order chi connectivity index (χ1) is 10.8. The Hall–Kier alpha value is -2.25. The minimum atomic E-state index is -4.68. The molecule has 0 aliphatic rings. The second-order valence-corrected chi connectivity index (χ2v) is 6.39. The zero-order valence-corrected chi connectivity index (χ0v) is 13.8. The van der Waals surface area contributed by atoms with Crippen LogP contribution >= 0.6 is 0 Å². The van der Waals surface area contributed by atoms with Gasteiger partial charge in [-0.25, -0.2) is 4.79 Å². The van der Waals surface area contributed by atoms with E-state index in [9.17, 15) is 22.8 Å². The largest absolute Gasteiger partial charge is 0.481 e. The molecule has 0 spiro atoms. The Morgan fingerprint density at radius 1 is 1.25 bits per heavy atom. The van der Waals surface area contributed by atoms with Crippen molar-refractivity contribution in [2.24, 2.45) is 0 Å². The lowest BCUT2D eigenvalue weighted by molar-refractivity contribution is -0.163. The van der Waals surface area contributed by atoms with Gasteiger partial charge in [-0.05, 0) is 44.9 Å². The van der Waals surface area contributed by atoms with Crippen LogP contribution in [0.4, 0.5) is 23.7 Å². The first-order valence-electron chi connectivity index (χ1n) is 7.18. The minimum absolute atomic E-state index is 0.169. The van der Waals surface area contributed by atoms with Crippen LogP contribution in [0.5, 0.6) is 0 Å². The highest BCUT2D eigenvalue weighted by molar-refractivity contribution is 5.86. The number of carbonyl (C=O) groups is 2. The van der Waals surface area contributed by atoms with Crippen LogP contribution in [0.1, 0.15) is 44.2 Å². The van der Waals surface area contributed by atoms with Gasteiger partial charge < -0.3 is 9.84 Å². The summed E-state index contributed by atoms with van der Waals surface area (Å²) in [7, 11) is 0. The van der Waals surface area contributed by atoms with E-state index in [-0.39, 0.29) is 5.56 Å². The summed E-state index contributed by atoms with van der Waals surface area (Å²) in [4.78, 5) is 22.4. The topological polar surface area (TPSA) is 75.6 Å². The number of aliphatic carboxylic acids is 1. The molecule has 0 heterocycles. The lowest BCUT2D eigenvalue weighted by atomic mass is 9.93. The van der Waals surface area contributed by atoms with Crippen LogP contribution < -0.4 is 5.32 Å². The van der Waals surface area contributed by atoms with Gasteiger partial charge in [0.25, 0.3) is 0 Å². The van der Waals surface area contributed by atoms with Crippen molar-refractivity contribution in [3.8, 4) is 0 Å². The molecule has 2 N–H and O–H groups in total. The van der Waals surface area contributed by atoms with Crippen LogP contribution in [0.25, 0.3) is 0 Å². The molecule has 1 aromatic carbocycles. The second kappa shape index (κ2) is 7.11. The molecule has 8 heteroatoms. The van der Waals surface area contributed by atoms with Gasteiger partial charge in [-0.2, -0.15) is 13.2 Å². The Balaban J connectivity index is 3.01. The fourth-order valence-corrected chi connectivity index (χ4v) is 2.05. The van der Waals surface area contributed by atoms with Crippen LogP contribution in [0.15, 0.2) is 18.2 Å². The molecular weight excluding hydrogens is 327 g/mol. The molecule has 0 saturated heterocycles. The normalized spacial score (nSPS) is 13.3. The molecule has 0 bridgehead atoms. The van der Waals surface area contributed by atoms with Crippen LogP contribution in [0.2, 0.25) is 0 Å². The standard InChI is InChI=1S/C16H20F3NO4/c1-9-7-10(11(8-13(21)22)16(17,18)19)5-6-12(9)20-14(23)24-15(2,3)4/h5-7,11H,8H2,1-4H3,(H,20,23)(H,21,22). The van der Waals surface area contributed by atoms with Crippen molar-refractivity contribution in [3.05, 3.63) is 29.3 Å². The molecule has 1 unspecified atom stereocenters. The summed E-state index contributed by atoms with van der Waals surface area (Å²) >= 11 is 0. The number of carboxylic acids is 1. The Kier molecular flexibility index (Phi) is 5.86. The number of rotatable bonds is 4. The molecule has 1 atom stereocenters. The van der Waals surface area contributed by atoms with Crippen LogP contribution in [0.3, 0.4) is 0 Å². The molecule has 0 fully saturated rings. The Morgan fingerprint density at radius 3 is 2.25 bits per heavy atom. The van der Waals surface area contributed by atoms with E-state index in [1.807, 2.05) is 0 Å². The first-order valence-corrected chi connectivity index (χ1v) is 7.18. The van der Waals surface area contributed by atoms with Gasteiger partial charge in [-0.3, -0.25) is 10.1 Å². The summed E-state index contributed by atoms with van der Waals surface area (Å²) in [5.74, 6) is -3.64. The number of hydrogen-bond donors (Lipinski definition) is 2. The number of alkyl halides is 3. The smallest absolute Gasteiger partial charge is 0.412 e. The predicted molar refractivity (Wildman–Crippen MR) is 82.1 cm³/mol. The summed E-state index contributed by atoms with van der Waals surface area (Å²) in [6.07, 6.45) is -6.46. The second-order valence-electron chi connectivity index (χ2n) is 6.39. The third-order valence-electron chi connectivity index (χ3n) is 3.06. The Morgan fingerprint density at radius 2 is 1.83 bits per heavy atom. The highest BCUT2D eigenvalue weighted by Gasteiger charge is 2.42. The molecule has 0 radical (unpaired) electrons. The van der Waals surface area contributed by atoms with Crippen molar-refractivity contribution in [2.45, 2.75) is 51.8 Å². The summed E-state index contributed by atoms with van der Waals surface area (Å²) < 4.78 is 44.2. The third-order valence-corrected chi connectivity index (χ3v) is 3.06. The number of halogens is 3. The maximum Gasteiger partial charge on any atom is 0.412 e. The van der Waals surface area contributed by atoms with E-state index < -0.39 is 36.2 Å². The maximum atomic E-state index is 13.0. The van der Waals surface area contributed by atoms with E-state index in [0.717, 1.165) is 6.07 Å². The molecule has 1 rings (SSSR count). The van der Waals surface area contributed by atoms with Gasteiger partial charge >= 0.3 is 18.2 Å². The fraction of sp³-hybridized carbons (Fsp3) is 0.500. The minimum Gasteiger partial charge on any atom is -0.481 e. The molecule has 134 valence electrons. The van der Waals surface area contributed by atoms with E-state index in [2.05, 4.69) is 5.32 Å². The number of anilines is 1. The molecule has 0 aromatic heterocycles. The number of benzene rings is 1. The van der Waals surface area contributed by atoms with E-state index in [1.54, 1.807) is 20.8 Å². The molecule has 5 nitrogen and oxygen atoms in total. The highest BCUT2D eigenvalue weighted by Crippen LogP contribution is 2.38. The van der Waals surface area contributed by atoms with Gasteiger partial charge in [-0.1, -0.05) is 12.1 Å². The lowest BCUT2D eigenvalue weighted by Gasteiger charge is -2.22. The van der Waals surface area contributed by atoms with Gasteiger partial charge in [0.1, 0.15) is 5.60 Å². The Bertz CT molecular complexity index is 621. The predicted octanol–water partition coefficient (Wildman–Crippen LogP) is 4.46. The van der Waals surface area contributed by atoms with Gasteiger partial charge in [0.15, 0.2) is 0 Å². The fourth-order valence-electron chi connectivity index (χ4n) is 2.05. The van der Waals surface area contributed by atoms with Crippen LogP contribution in [0, 0.1) is 6.92 Å². The van der Waals surface area contributed by atoms with Crippen LogP contribution in [-0.2, 0) is 9.53 Å². The highest BCUT2D eigenvalue weighted by atomic mass is 19.4. The molecule has 0 aliphatic carbocycles. The van der Waals surface area contributed by atoms with Gasteiger partial charge in [0, 0.05) is 5.69 Å². The molecular formula is C16H20F3NO4. The van der Waals surface area contributed by atoms with E-state index in [1.165, 1.54) is 19.1 Å². The van der Waals surface area contributed by atoms with Gasteiger partial charge in [-0.15, -0.1) is 0 Å². The molecule has 24 heavy (non-hydrogen) atoms. The van der Waals surface area contributed by atoms with Crippen LogP contribution in [-0.4, -0.2) is 28.9 Å². The van der Waals surface area contributed by atoms with Crippen molar-refractivity contribution in [3.63, 3.8) is 0 Å².